The molecule has 0 heterocycles. The van der Waals surface area contributed by atoms with Crippen molar-refractivity contribution in [1.29, 1.82) is 0 Å². The fraction of sp³-hybridized carbons (Fsp3) is 0.250. The van der Waals surface area contributed by atoms with Gasteiger partial charge in [0.15, 0.2) is 0 Å². The molecule has 2 nitrogen and oxygen atoms in total. The topological polar surface area (TPSA) is 37.3 Å². The van der Waals surface area contributed by atoms with Gasteiger partial charge in [-0.25, -0.2) is 0 Å². The van der Waals surface area contributed by atoms with E-state index in [1.807, 2.05) is 0 Å². The average molecular weight is 433 g/mol. The maximum Gasteiger partial charge on any atom is 0.307 e. The number of fused-ring (bicyclic) bond motifs is 1. The molecule has 2 aliphatic rings. The Labute approximate surface area is 187 Å². The van der Waals surface area contributed by atoms with E-state index in [9.17, 15) is 18.7 Å². The lowest BCUT2D eigenvalue weighted by Crippen LogP contribution is -2.08. The summed E-state index contributed by atoms with van der Waals surface area (Å²) in [5.41, 5.74) is 8.25. The van der Waals surface area contributed by atoms with Crippen molar-refractivity contribution in [1.82, 2.24) is 0 Å². The molecule has 32 heavy (non-hydrogen) atoms. The van der Waals surface area contributed by atoms with Crippen molar-refractivity contribution in [3.63, 3.8) is 0 Å². The summed E-state index contributed by atoms with van der Waals surface area (Å²) in [7, 11) is 0. The van der Waals surface area contributed by atoms with E-state index in [1.165, 1.54) is 23.3 Å². The van der Waals surface area contributed by atoms with Gasteiger partial charge in [0.1, 0.15) is 0 Å². The number of hydrogen-bond acceptors (Lipinski definition) is 1. The predicted molar refractivity (Wildman–Crippen MR) is 125 cm³/mol. The standard InChI is InChI=1S/C28H26F2O2/c1-3-5-19-9-14-22-23(15-8-18-6-12-21(13-7-18)28(29,30)4-2)27(20-10-11-20)25(17-26(31)32)24(22)16-19/h4,6-7,9-10,12-16H,2-3,5,8,11,17H2,1H3,(H,31,32). The number of rotatable bonds is 9. The molecule has 0 saturated carbocycles. The third-order valence-corrected chi connectivity index (χ3v) is 6.00. The van der Waals surface area contributed by atoms with Gasteiger partial charge in [0.2, 0.25) is 0 Å². The van der Waals surface area contributed by atoms with Crippen LogP contribution in [-0.2, 0) is 23.6 Å². The number of alkyl halides is 2. The summed E-state index contributed by atoms with van der Waals surface area (Å²) in [5.74, 6) is -3.89. The Bertz CT molecular complexity index is 1160. The second kappa shape index (κ2) is 8.70. The third kappa shape index (κ3) is 4.36. The summed E-state index contributed by atoms with van der Waals surface area (Å²) in [6.45, 7) is 5.33. The van der Waals surface area contributed by atoms with E-state index in [2.05, 4.69) is 43.9 Å². The fourth-order valence-electron chi connectivity index (χ4n) is 4.32. The summed E-state index contributed by atoms with van der Waals surface area (Å²) < 4.78 is 27.6. The molecule has 0 fully saturated rings. The highest BCUT2D eigenvalue weighted by molar-refractivity contribution is 6.07. The van der Waals surface area contributed by atoms with Crippen LogP contribution >= 0.6 is 0 Å². The molecule has 0 amide bonds. The van der Waals surface area contributed by atoms with E-state index in [0.29, 0.717) is 12.5 Å². The van der Waals surface area contributed by atoms with Crippen LogP contribution in [0.3, 0.4) is 0 Å². The van der Waals surface area contributed by atoms with Crippen LogP contribution in [0, 0.1) is 0 Å². The van der Waals surface area contributed by atoms with Gasteiger partial charge >= 0.3 is 5.97 Å². The Kier molecular flexibility index (Phi) is 5.96. The number of carbonyl (C=O) groups is 1. The van der Waals surface area contributed by atoms with Gasteiger partial charge in [-0.1, -0.05) is 74.5 Å². The van der Waals surface area contributed by atoms with E-state index in [4.69, 9.17) is 0 Å². The van der Waals surface area contributed by atoms with Crippen molar-refractivity contribution in [2.75, 3.05) is 0 Å². The van der Waals surface area contributed by atoms with E-state index < -0.39 is 11.9 Å². The fourth-order valence-corrected chi connectivity index (χ4v) is 4.32. The number of benzene rings is 2. The van der Waals surface area contributed by atoms with Gasteiger partial charge in [-0.05, 0) is 69.9 Å². The number of halogens is 2. The minimum absolute atomic E-state index is 0.0159. The van der Waals surface area contributed by atoms with Gasteiger partial charge in [-0.3, -0.25) is 4.79 Å². The Hall–Kier alpha value is -3.27. The quantitative estimate of drug-likeness (QED) is 0.429. The molecule has 2 aliphatic carbocycles. The summed E-state index contributed by atoms with van der Waals surface area (Å²) in [4.78, 5) is 11.6. The smallest absolute Gasteiger partial charge is 0.307 e. The molecule has 0 unspecified atom stereocenters. The summed E-state index contributed by atoms with van der Waals surface area (Å²) in [6, 6.07) is 12.6. The average Bonchev–Trinajstić information content (AvgIpc) is 3.57. The zero-order chi connectivity index (χ0) is 22.9. The summed E-state index contributed by atoms with van der Waals surface area (Å²) >= 11 is 0. The third-order valence-electron chi connectivity index (χ3n) is 6.00. The van der Waals surface area contributed by atoms with Gasteiger partial charge in [-0.2, -0.15) is 8.78 Å². The van der Waals surface area contributed by atoms with Crippen molar-refractivity contribution in [2.45, 2.75) is 45.0 Å². The van der Waals surface area contributed by atoms with Crippen LogP contribution in [0.4, 0.5) is 8.78 Å². The predicted octanol–water partition coefficient (Wildman–Crippen LogP) is 7.12. The number of aliphatic carboxylic acids is 1. The van der Waals surface area contributed by atoms with Gasteiger partial charge in [0, 0.05) is 5.56 Å². The van der Waals surface area contributed by atoms with Gasteiger partial charge in [-0.15, -0.1) is 0 Å². The van der Waals surface area contributed by atoms with Crippen LogP contribution < -0.4 is 0 Å². The normalized spacial score (nSPS) is 16.2. The Morgan fingerprint density at radius 3 is 2.41 bits per heavy atom. The van der Waals surface area contributed by atoms with Crippen LogP contribution in [-0.4, -0.2) is 11.1 Å². The number of carboxylic acids is 1. The first-order chi connectivity index (χ1) is 15.3. The second-order valence-corrected chi connectivity index (χ2v) is 8.33. The maximum absolute atomic E-state index is 13.8. The van der Waals surface area contributed by atoms with Gasteiger partial charge in [0.25, 0.3) is 5.92 Å². The monoisotopic (exact) mass is 432 g/mol. The molecule has 0 radical (unpaired) electrons. The van der Waals surface area contributed by atoms with Crippen LogP contribution in [0.5, 0.6) is 0 Å². The highest BCUT2D eigenvalue weighted by Crippen LogP contribution is 2.50. The van der Waals surface area contributed by atoms with Crippen LogP contribution in [0.25, 0.3) is 11.1 Å². The van der Waals surface area contributed by atoms with E-state index >= 15 is 0 Å². The first-order valence-electron chi connectivity index (χ1n) is 10.9. The highest BCUT2D eigenvalue weighted by atomic mass is 19.3. The largest absolute Gasteiger partial charge is 0.481 e. The van der Waals surface area contributed by atoms with Crippen molar-refractivity contribution < 1.29 is 18.7 Å². The Balaban J connectivity index is 1.72. The minimum atomic E-state index is -3.04. The molecule has 1 N–H and O–H groups in total. The molecule has 0 saturated heterocycles. The van der Waals surface area contributed by atoms with Crippen molar-refractivity contribution in [2.24, 2.45) is 0 Å². The molecule has 0 aliphatic heterocycles. The molecular formula is C28H26F2O2. The molecule has 2 aromatic carbocycles. The summed E-state index contributed by atoms with van der Waals surface area (Å²) in [5, 5.41) is 9.56. The molecule has 4 heteroatoms. The highest BCUT2D eigenvalue weighted by Gasteiger charge is 2.32. The Morgan fingerprint density at radius 2 is 1.81 bits per heavy atom. The Morgan fingerprint density at radius 1 is 1.12 bits per heavy atom. The van der Waals surface area contributed by atoms with Crippen molar-refractivity contribution in [3.8, 4) is 0 Å². The van der Waals surface area contributed by atoms with Crippen molar-refractivity contribution in [3.05, 3.63) is 106 Å². The molecule has 0 aromatic heterocycles. The van der Waals surface area contributed by atoms with E-state index in [1.54, 1.807) is 12.1 Å². The SMILES string of the molecule is C=CC(F)(F)c1ccc(CC=C2C(C3=CC3)=C(CC(=O)O)c3cc(CCC)ccc32)cc1. The molecule has 0 atom stereocenters. The summed E-state index contributed by atoms with van der Waals surface area (Å²) in [6.07, 6.45) is 8.27. The molecule has 2 aromatic rings. The molecule has 0 spiro atoms. The number of allylic oxidation sites excluding steroid dienone is 6. The van der Waals surface area contributed by atoms with Crippen LogP contribution in [0.15, 0.2) is 78.4 Å². The molecule has 164 valence electrons. The first-order valence-corrected chi connectivity index (χ1v) is 10.9. The molecule has 0 bridgehead atoms. The van der Waals surface area contributed by atoms with Crippen LogP contribution in [0.2, 0.25) is 0 Å². The number of aryl methyl sites for hydroxylation is 1. The zero-order valence-electron chi connectivity index (χ0n) is 18.1. The van der Waals surface area contributed by atoms with E-state index in [0.717, 1.165) is 52.7 Å². The van der Waals surface area contributed by atoms with Gasteiger partial charge < -0.3 is 5.11 Å². The number of carboxylic acid groups (broad SMARTS) is 1. The van der Waals surface area contributed by atoms with Crippen molar-refractivity contribution >= 4 is 17.1 Å². The lowest BCUT2D eigenvalue weighted by Gasteiger charge is -2.12. The number of hydrogen-bond donors (Lipinski definition) is 1. The van der Waals surface area contributed by atoms with E-state index in [-0.39, 0.29) is 12.0 Å². The second-order valence-electron chi connectivity index (χ2n) is 8.33. The first kappa shape index (κ1) is 21.9. The maximum atomic E-state index is 13.8. The van der Waals surface area contributed by atoms with Gasteiger partial charge in [0.05, 0.1) is 6.42 Å². The van der Waals surface area contributed by atoms with Crippen LogP contribution in [0.1, 0.15) is 54.0 Å². The molecule has 4 rings (SSSR count). The lowest BCUT2D eigenvalue weighted by molar-refractivity contribution is -0.135. The lowest BCUT2D eigenvalue weighted by atomic mass is 9.96. The zero-order valence-corrected chi connectivity index (χ0v) is 18.1. The molecular weight excluding hydrogens is 406 g/mol. The minimum Gasteiger partial charge on any atom is -0.481 e.